The summed E-state index contributed by atoms with van der Waals surface area (Å²) in [6.45, 7) is 3.06. The normalized spacial score (nSPS) is 14.5. The molecule has 8 nitrogen and oxygen atoms in total. The highest BCUT2D eigenvalue weighted by Crippen LogP contribution is 2.30. The van der Waals surface area contributed by atoms with Gasteiger partial charge in [-0.15, -0.1) is 0 Å². The minimum absolute atomic E-state index is 0.126. The van der Waals surface area contributed by atoms with Crippen molar-refractivity contribution in [3.63, 3.8) is 0 Å². The van der Waals surface area contributed by atoms with Gasteiger partial charge in [-0.2, -0.15) is 0 Å². The molecule has 1 saturated heterocycles. The number of aliphatic hydroxyl groups excluding tert-OH is 1. The third-order valence-electron chi connectivity index (χ3n) is 7.47. The predicted molar refractivity (Wildman–Crippen MR) is 161 cm³/mol. The molecule has 3 aromatic rings. The number of benzene rings is 3. The molecular weight excluding hydrogens is 537 g/mol. The van der Waals surface area contributed by atoms with E-state index in [0.29, 0.717) is 50.3 Å². The number of carbonyl (C=O) groups is 2. The molecule has 9 heteroatoms. The number of amides is 2. The molecule has 42 heavy (non-hydrogen) atoms. The van der Waals surface area contributed by atoms with Gasteiger partial charge in [0.2, 0.25) is 5.91 Å². The number of hydrogen-bond acceptors (Lipinski definition) is 6. The van der Waals surface area contributed by atoms with E-state index in [1.54, 1.807) is 26.4 Å². The number of carbonyl (C=O) groups excluding carboxylic acids is 2. The topological polar surface area (TPSA) is 100 Å². The molecule has 2 amide bonds. The van der Waals surface area contributed by atoms with Crippen molar-refractivity contribution in [3.05, 3.63) is 88.7 Å². The first-order valence-corrected chi connectivity index (χ1v) is 14.4. The maximum Gasteiger partial charge on any atom is 0.254 e. The maximum atomic E-state index is 15.8. The number of nitrogens with one attached hydrogen (secondary N) is 2. The van der Waals surface area contributed by atoms with Gasteiger partial charge in [0, 0.05) is 26.1 Å². The summed E-state index contributed by atoms with van der Waals surface area (Å²) >= 11 is 0. The third kappa shape index (κ3) is 7.66. The fourth-order valence-electron chi connectivity index (χ4n) is 5.26. The largest absolute Gasteiger partial charge is 0.493 e. The molecule has 0 saturated carbocycles. The molecule has 0 aliphatic carbocycles. The van der Waals surface area contributed by atoms with Gasteiger partial charge in [0.05, 0.1) is 37.6 Å². The average Bonchev–Trinajstić information content (AvgIpc) is 3.43. The van der Waals surface area contributed by atoms with Gasteiger partial charge in [-0.05, 0) is 60.2 Å². The smallest absolute Gasteiger partial charge is 0.254 e. The summed E-state index contributed by atoms with van der Waals surface area (Å²) in [4.78, 5) is 27.4. The van der Waals surface area contributed by atoms with Crippen molar-refractivity contribution in [3.8, 4) is 11.5 Å². The van der Waals surface area contributed by atoms with Crippen molar-refractivity contribution in [2.45, 2.75) is 57.7 Å². The number of anilines is 1. The molecule has 3 aromatic carbocycles. The van der Waals surface area contributed by atoms with E-state index >= 15 is 4.39 Å². The predicted octanol–water partition coefficient (Wildman–Crippen LogP) is 4.41. The van der Waals surface area contributed by atoms with E-state index in [0.717, 1.165) is 23.1 Å². The highest BCUT2D eigenvalue weighted by atomic mass is 19.1. The first kappa shape index (κ1) is 31.0. The molecule has 0 aromatic heterocycles. The Balaban J connectivity index is 1.53. The molecule has 1 heterocycles. The van der Waals surface area contributed by atoms with E-state index in [4.69, 9.17) is 9.47 Å². The summed E-state index contributed by atoms with van der Waals surface area (Å²) in [6, 6.07) is 17.6. The number of halogens is 1. The van der Waals surface area contributed by atoms with Crippen LogP contribution in [-0.4, -0.2) is 56.4 Å². The highest BCUT2D eigenvalue weighted by molar-refractivity contribution is 6.00. The Morgan fingerprint density at radius 2 is 1.79 bits per heavy atom. The van der Waals surface area contributed by atoms with Crippen LogP contribution >= 0.6 is 0 Å². The van der Waals surface area contributed by atoms with Crippen molar-refractivity contribution < 1.29 is 28.6 Å². The van der Waals surface area contributed by atoms with Gasteiger partial charge in [-0.3, -0.25) is 9.59 Å². The van der Waals surface area contributed by atoms with E-state index < -0.39 is 23.9 Å². The number of nitrogens with zero attached hydrogens (tertiary/aromatic N) is 1. The van der Waals surface area contributed by atoms with E-state index in [-0.39, 0.29) is 23.7 Å². The van der Waals surface area contributed by atoms with Crippen LogP contribution < -0.4 is 25.0 Å². The van der Waals surface area contributed by atoms with Crippen molar-refractivity contribution >= 4 is 17.5 Å². The zero-order chi connectivity index (χ0) is 30.1. The molecule has 1 aliphatic heterocycles. The van der Waals surface area contributed by atoms with Gasteiger partial charge in [-0.1, -0.05) is 49.7 Å². The maximum absolute atomic E-state index is 15.8. The Labute approximate surface area is 246 Å². The number of methoxy groups -OCH3 is 2. The van der Waals surface area contributed by atoms with Gasteiger partial charge in [0.15, 0.2) is 17.3 Å². The number of aryl methyl sites for hydroxylation is 1. The Kier molecular flexibility index (Phi) is 10.9. The minimum atomic E-state index is -0.976. The molecule has 2 atom stereocenters. The monoisotopic (exact) mass is 577 g/mol. The summed E-state index contributed by atoms with van der Waals surface area (Å²) in [5, 5.41) is 17.4. The average molecular weight is 578 g/mol. The number of rotatable bonds is 14. The SMILES string of the molecule is CCCc1cc(C(=O)N[C@@H](Cc2ccccc2)[C@@H](O)CNCc2ccc(OC)c(OC)c2)c(F)c(N2CCCC2=O)c1. The van der Waals surface area contributed by atoms with Crippen molar-refractivity contribution in [1.29, 1.82) is 0 Å². The minimum Gasteiger partial charge on any atom is -0.493 e. The fraction of sp³-hybridized carbons (Fsp3) is 0.394. The molecule has 1 fully saturated rings. The Morgan fingerprint density at radius 3 is 2.45 bits per heavy atom. The van der Waals surface area contributed by atoms with E-state index in [9.17, 15) is 14.7 Å². The van der Waals surface area contributed by atoms with Gasteiger partial charge >= 0.3 is 0 Å². The quantitative estimate of drug-likeness (QED) is 0.263. The van der Waals surface area contributed by atoms with Crippen LogP contribution in [0.1, 0.15) is 53.2 Å². The molecule has 224 valence electrons. The lowest BCUT2D eigenvalue weighted by Gasteiger charge is -2.26. The molecule has 0 bridgehead atoms. The van der Waals surface area contributed by atoms with Gasteiger partial charge in [-0.25, -0.2) is 4.39 Å². The summed E-state index contributed by atoms with van der Waals surface area (Å²) < 4.78 is 26.5. The molecule has 3 N–H and O–H groups in total. The van der Waals surface area contributed by atoms with E-state index in [1.807, 2.05) is 55.5 Å². The molecule has 1 aliphatic rings. The van der Waals surface area contributed by atoms with Crippen LogP contribution in [0, 0.1) is 5.82 Å². The second-order valence-electron chi connectivity index (χ2n) is 10.5. The lowest BCUT2D eigenvalue weighted by Crippen LogP contribution is -2.49. The lowest BCUT2D eigenvalue weighted by molar-refractivity contribution is -0.117. The molecule has 0 radical (unpaired) electrons. The van der Waals surface area contributed by atoms with Crippen molar-refractivity contribution in [2.75, 3.05) is 32.2 Å². The van der Waals surface area contributed by atoms with Crippen LogP contribution in [0.5, 0.6) is 11.5 Å². The van der Waals surface area contributed by atoms with E-state index in [1.165, 1.54) is 4.90 Å². The third-order valence-corrected chi connectivity index (χ3v) is 7.47. The Bertz CT molecular complexity index is 1370. The van der Waals surface area contributed by atoms with Crippen LogP contribution in [0.25, 0.3) is 0 Å². The number of aliphatic hydroxyl groups is 1. The molecule has 0 spiro atoms. The zero-order valence-electron chi connectivity index (χ0n) is 24.5. The van der Waals surface area contributed by atoms with Crippen LogP contribution in [0.2, 0.25) is 0 Å². The van der Waals surface area contributed by atoms with Crippen molar-refractivity contribution in [1.82, 2.24) is 10.6 Å². The first-order valence-electron chi connectivity index (χ1n) is 14.4. The molecular formula is C33H40FN3O5. The fourth-order valence-corrected chi connectivity index (χ4v) is 5.26. The Morgan fingerprint density at radius 1 is 1.02 bits per heavy atom. The van der Waals surface area contributed by atoms with Gasteiger partial charge < -0.3 is 30.1 Å². The summed E-state index contributed by atoms with van der Waals surface area (Å²) in [5.74, 6) is -0.263. The van der Waals surface area contributed by atoms with Crippen molar-refractivity contribution in [2.24, 2.45) is 0 Å². The van der Waals surface area contributed by atoms with Crippen LogP contribution in [0.4, 0.5) is 10.1 Å². The standard InChI is InChI=1S/C33H40FN3O5/c1-4-9-23-16-25(32(34)27(18-23)37-15-8-12-31(37)39)33(40)36-26(17-22-10-6-5-7-11-22)28(38)21-35-20-24-13-14-29(41-2)30(19-24)42-3/h5-7,10-11,13-14,16,18-19,26,28,35,38H,4,8-9,12,15,17,20-21H2,1-3H3,(H,36,40)/t26-,28-/m0/s1. The summed E-state index contributed by atoms with van der Waals surface area (Å²) in [5.41, 5.74) is 2.66. The second-order valence-corrected chi connectivity index (χ2v) is 10.5. The Hall–Kier alpha value is -3.95. The molecule has 4 rings (SSSR count). The van der Waals surface area contributed by atoms with Gasteiger partial charge in [0.25, 0.3) is 5.91 Å². The first-order chi connectivity index (χ1) is 20.3. The number of ether oxygens (including phenoxy) is 2. The summed E-state index contributed by atoms with van der Waals surface area (Å²) in [7, 11) is 3.15. The highest BCUT2D eigenvalue weighted by Gasteiger charge is 2.29. The van der Waals surface area contributed by atoms with Crippen LogP contribution in [0.3, 0.4) is 0 Å². The van der Waals surface area contributed by atoms with Crippen LogP contribution in [0.15, 0.2) is 60.7 Å². The van der Waals surface area contributed by atoms with Crippen LogP contribution in [-0.2, 0) is 24.2 Å². The van der Waals surface area contributed by atoms with Gasteiger partial charge in [0.1, 0.15) is 0 Å². The second kappa shape index (κ2) is 14.8. The zero-order valence-corrected chi connectivity index (χ0v) is 24.5. The lowest BCUT2D eigenvalue weighted by atomic mass is 9.99. The van der Waals surface area contributed by atoms with E-state index in [2.05, 4.69) is 10.6 Å². The summed E-state index contributed by atoms with van der Waals surface area (Å²) in [6.07, 6.45) is 1.84. The molecule has 0 unspecified atom stereocenters. The number of hydrogen-bond donors (Lipinski definition) is 3.